The minimum atomic E-state index is -0.115. The molecule has 4 nitrogen and oxygen atoms in total. The molecule has 2 heterocycles. The maximum Gasteiger partial charge on any atom is 0.262 e. The molecule has 3 rings (SSSR count). The van der Waals surface area contributed by atoms with Crippen LogP contribution in [0.1, 0.15) is 20.4 Å². The van der Waals surface area contributed by atoms with Gasteiger partial charge in [-0.1, -0.05) is 24.3 Å². The van der Waals surface area contributed by atoms with E-state index in [0.717, 1.165) is 21.6 Å². The zero-order valence-corrected chi connectivity index (χ0v) is 12.2. The van der Waals surface area contributed by atoms with Crippen LogP contribution in [0.15, 0.2) is 42.6 Å². The summed E-state index contributed by atoms with van der Waals surface area (Å²) in [4.78, 5) is 20.8. The Morgan fingerprint density at radius 3 is 2.90 bits per heavy atom. The SMILES string of the molecule is CNC(=O)c1cnc(/C=C/c2ccc3ccccc3n2)s1. The van der Waals surface area contributed by atoms with E-state index in [2.05, 4.69) is 15.3 Å². The molecule has 104 valence electrons. The number of fused-ring (bicyclic) bond motifs is 1. The summed E-state index contributed by atoms with van der Waals surface area (Å²) in [7, 11) is 1.61. The maximum atomic E-state index is 11.5. The molecular weight excluding hydrogens is 282 g/mol. The third kappa shape index (κ3) is 2.98. The van der Waals surface area contributed by atoms with Crippen molar-refractivity contribution in [3.05, 3.63) is 58.2 Å². The second kappa shape index (κ2) is 5.85. The number of para-hydroxylation sites is 1. The Hall–Kier alpha value is -2.53. The standard InChI is InChI=1S/C16H13N3OS/c1-17-16(20)14-10-18-15(21-14)9-8-12-7-6-11-4-2-3-5-13(11)19-12/h2-10H,1H3,(H,17,20)/b9-8+. The third-order valence-electron chi connectivity index (χ3n) is 2.99. The van der Waals surface area contributed by atoms with Crippen molar-refractivity contribution in [1.82, 2.24) is 15.3 Å². The normalized spacial score (nSPS) is 11.1. The van der Waals surface area contributed by atoms with Gasteiger partial charge in [-0.2, -0.15) is 0 Å². The average molecular weight is 295 g/mol. The topological polar surface area (TPSA) is 54.9 Å². The van der Waals surface area contributed by atoms with Gasteiger partial charge in [-0.05, 0) is 24.3 Å². The van der Waals surface area contributed by atoms with E-state index in [1.807, 2.05) is 48.6 Å². The van der Waals surface area contributed by atoms with E-state index in [1.54, 1.807) is 13.2 Å². The number of nitrogens with one attached hydrogen (secondary N) is 1. The Morgan fingerprint density at radius 2 is 2.05 bits per heavy atom. The first kappa shape index (κ1) is 13.5. The third-order valence-corrected chi connectivity index (χ3v) is 3.95. The zero-order valence-electron chi connectivity index (χ0n) is 11.4. The molecule has 21 heavy (non-hydrogen) atoms. The molecule has 0 saturated heterocycles. The molecule has 0 aliphatic carbocycles. The van der Waals surface area contributed by atoms with Crippen LogP contribution in [0.5, 0.6) is 0 Å². The van der Waals surface area contributed by atoms with Crippen molar-refractivity contribution in [3.63, 3.8) is 0 Å². The van der Waals surface area contributed by atoms with E-state index in [9.17, 15) is 4.79 Å². The predicted molar refractivity (Wildman–Crippen MR) is 86.2 cm³/mol. The van der Waals surface area contributed by atoms with Gasteiger partial charge in [0.05, 0.1) is 17.4 Å². The summed E-state index contributed by atoms with van der Waals surface area (Å²) in [5.41, 5.74) is 1.83. The summed E-state index contributed by atoms with van der Waals surface area (Å²) in [5, 5.41) is 4.48. The van der Waals surface area contributed by atoms with Crippen molar-refractivity contribution >= 4 is 40.3 Å². The summed E-state index contributed by atoms with van der Waals surface area (Å²) in [6, 6.07) is 12.0. The van der Waals surface area contributed by atoms with E-state index in [-0.39, 0.29) is 5.91 Å². The van der Waals surface area contributed by atoms with E-state index < -0.39 is 0 Å². The lowest BCUT2D eigenvalue weighted by molar-refractivity contribution is 0.0967. The highest BCUT2D eigenvalue weighted by Crippen LogP contribution is 2.17. The molecule has 0 aliphatic heterocycles. The molecule has 1 aromatic carbocycles. The number of nitrogens with zero attached hydrogens (tertiary/aromatic N) is 2. The van der Waals surface area contributed by atoms with E-state index in [4.69, 9.17) is 0 Å². The summed E-state index contributed by atoms with van der Waals surface area (Å²) in [6.45, 7) is 0. The molecular formula is C16H13N3OS. The minimum Gasteiger partial charge on any atom is -0.354 e. The van der Waals surface area contributed by atoms with Gasteiger partial charge >= 0.3 is 0 Å². The predicted octanol–water partition coefficient (Wildman–Crippen LogP) is 3.22. The van der Waals surface area contributed by atoms with Crippen molar-refractivity contribution in [3.8, 4) is 0 Å². The van der Waals surface area contributed by atoms with Crippen LogP contribution < -0.4 is 5.32 Å². The number of carbonyl (C=O) groups excluding carboxylic acids is 1. The van der Waals surface area contributed by atoms with Crippen molar-refractivity contribution in [2.75, 3.05) is 7.05 Å². The molecule has 1 amide bonds. The highest BCUT2D eigenvalue weighted by Gasteiger charge is 2.06. The largest absolute Gasteiger partial charge is 0.354 e. The second-order valence-electron chi connectivity index (χ2n) is 4.40. The Balaban J connectivity index is 1.84. The lowest BCUT2D eigenvalue weighted by Crippen LogP contribution is -2.16. The molecule has 5 heteroatoms. The van der Waals surface area contributed by atoms with Gasteiger partial charge in [-0.15, -0.1) is 11.3 Å². The molecule has 0 atom stereocenters. The van der Waals surface area contributed by atoms with Crippen LogP contribution in [0.2, 0.25) is 0 Å². The lowest BCUT2D eigenvalue weighted by Gasteiger charge is -1.97. The molecule has 1 N–H and O–H groups in total. The first-order chi connectivity index (χ1) is 10.3. The molecule has 0 unspecified atom stereocenters. The van der Waals surface area contributed by atoms with E-state index in [1.165, 1.54) is 11.3 Å². The highest BCUT2D eigenvalue weighted by molar-refractivity contribution is 7.14. The van der Waals surface area contributed by atoms with Crippen LogP contribution in [-0.2, 0) is 0 Å². The van der Waals surface area contributed by atoms with E-state index >= 15 is 0 Å². The second-order valence-corrected chi connectivity index (χ2v) is 5.47. The highest BCUT2D eigenvalue weighted by atomic mass is 32.1. The van der Waals surface area contributed by atoms with Crippen molar-refractivity contribution in [1.29, 1.82) is 0 Å². The molecule has 0 radical (unpaired) electrons. The quantitative estimate of drug-likeness (QED) is 0.807. The molecule has 0 fully saturated rings. The Kier molecular flexibility index (Phi) is 3.75. The van der Waals surface area contributed by atoms with Gasteiger partial charge in [-0.25, -0.2) is 9.97 Å². The van der Waals surface area contributed by atoms with Crippen molar-refractivity contribution in [2.24, 2.45) is 0 Å². The fraction of sp³-hybridized carbons (Fsp3) is 0.0625. The van der Waals surface area contributed by atoms with Gasteiger partial charge in [0.2, 0.25) is 0 Å². The van der Waals surface area contributed by atoms with Crippen molar-refractivity contribution in [2.45, 2.75) is 0 Å². The number of carbonyl (C=O) groups is 1. The molecule has 0 aliphatic rings. The number of rotatable bonds is 3. The van der Waals surface area contributed by atoms with Crippen LogP contribution in [0, 0.1) is 0 Å². The van der Waals surface area contributed by atoms with Gasteiger partial charge in [0.1, 0.15) is 9.88 Å². The Labute approximate surface area is 126 Å². The average Bonchev–Trinajstić information content (AvgIpc) is 3.01. The summed E-state index contributed by atoms with van der Waals surface area (Å²) in [6.07, 6.45) is 5.35. The number of hydrogen-bond acceptors (Lipinski definition) is 4. The fourth-order valence-corrected chi connectivity index (χ4v) is 2.69. The van der Waals surface area contributed by atoms with Gasteiger partial charge in [0.25, 0.3) is 5.91 Å². The number of pyridine rings is 1. The van der Waals surface area contributed by atoms with Crippen LogP contribution in [-0.4, -0.2) is 22.9 Å². The van der Waals surface area contributed by atoms with Gasteiger partial charge < -0.3 is 5.32 Å². The minimum absolute atomic E-state index is 0.115. The summed E-state index contributed by atoms with van der Waals surface area (Å²) in [5.74, 6) is -0.115. The van der Waals surface area contributed by atoms with Crippen LogP contribution in [0.3, 0.4) is 0 Å². The zero-order chi connectivity index (χ0) is 14.7. The van der Waals surface area contributed by atoms with Gasteiger partial charge in [0, 0.05) is 12.4 Å². The number of benzene rings is 1. The fourth-order valence-electron chi connectivity index (χ4n) is 1.92. The Bertz CT molecular complexity index is 823. The lowest BCUT2D eigenvalue weighted by atomic mass is 10.2. The number of thiazole rings is 1. The molecule has 0 bridgehead atoms. The van der Waals surface area contributed by atoms with E-state index in [0.29, 0.717) is 4.88 Å². The number of amides is 1. The van der Waals surface area contributed by atoms with Crippen molar-refractivity contribution < 1.29 is 4.79 Å². The monoisotopic (exact) mass is 295 g/mol. The molecule has 0 spiro atoms. The first-order valence-electron chi connectivity index (χ1n) is 6.48. The summed E-state index contributed by atoms with van der Waals surface area (Å²) >= 11 is 1.35. The van der Waals surface area contributed by atoms with Gasteiger partial charge in [-0.3, -0.25) is 4.79 Å². The first-order valence-corrected chi connectivity index (χ1v) is 7.30. The maximum absolute atomic E-state index is 11.5. The van der Waals surface area contributed by atoms with Crippen LogP contribution in [0.25, 0.3) is 23.1 Å². The van der Waals surface area contributed by atoms with Crippen LogP contribution in [0.4, 0.5) is 0 Å². The van der Waals surface area contributed by atoms with Crippen LogP contribution >= 0.6 is 11.3 Å². The molecule has 3 aromatic rings. The summed E-state index contributed by atoms with van der Waals surface area (Å²) < 4.78 is 0. The Morgan fingerprint density at radius 1 is 1.19 bits per heavy atom. The number of hydrogen-bond donors (Lipinski definition) is 1. The molecule has 0 saturated carbocycles. The molecule has 2 aromatic heterocycles. The number of aromatic nitrogens is 2. The van der Waals surface area contributed by atoms with Gasteiger partial charge in [0.15, 0.2) is 0 Å². The smallest absolute Gasteiger partial charge is 0.262 e.